The quantitative estimate of drug-likeness (QED) is 0.170. The summed E-state index contributed by atoms with van der Waals surface area (Å²) in [6.07, 6.45) is 0. The lowest BCUT2D eigenvalue weighted by Gasteiger charge is -2.22. The van der Waals surface area contributed by atoms with Gasteiger partial charge in [-0.15, -0.1) is 0 Å². The lowest BCUT2D eigenvalue weighted by molar-refractivity contribution is 0.671. The Morgan fingerprint density at radius 1 is 0.448 bits per heavy atom. The number of para-hydroxylation sites is 2. The van der Waals surface area contributed by atoms with E-state index in [0.717, 1.165) is 88.4 Å². The summed E-state index contributed by atoms with van der Waals surface area (Å²) < 4.78 is 9.14. The second kappa shape index (κ2) is 13.6. The zero-order chi connectivity index (χ0) is 38.6. The minimum absolute atomic E-state index is 0.420. The molecule has 11 aromatic rings. The number of rotatable bonds is 6. The number of hydrogen-bond acceptors (Lipinski definition) is 4. The van der Waals surface area contributed by atoms with Crippen molar-refractivity contribution < 1.29 is 4.42 Å². The summed E-state index contributed by atoms with van der Waals surface area (Å²) in [6.45, 7) is 0. The van der Waals surface area contributed by atoms with Crippen LogP contribution < -0.4 is 0 Å². The van der Waals surface area contributed by atoms with Gasteiger partial charge in [0.1, 0.15) is 17.2 Å². The summed E-state index contributed by atoms with van der Waals surface area (Å²) in [5.74, 6) is 0.506. The average molecular weight is 741 g/mol. The molecule has 0 aliphatic rings. The molecule has 5 heteroatoms. The molecular formula is C53H32N4O. The summed E-state index contributed by atoms with van der Waals surface area (Å²) in [6, 6.07) is 68.9. The van der Waals surface area contributed by atoms with Crippen molar-refractivity contribution in [2.24, 2.45) is 0 Å². The molecule has 0 atom stereocenters. The van der Waals surface area contributed by atoms with E-state index in [4.69, 9.17) is 14.4 Å². The molecule has 8 aromatic carbocycles. The molecule has 0 saturated heterocycles. The first kappa shape index (κ1) is 33.3. The Bertz CT molecular complexity index is 3320. The Balaban J connectivity index is 1.36. The van der Waals surface area contributed by atoms with Gasteiger partial charge < -0.3 is 8.98 Å². The Kier molecular flexibility index (Phi) is 7.80. The van der Waals surface area contributed by atoms with Crippen molar-refractivity contribution in [3.63, 3.8) is 0 Å². The fraction of sp³-hybridized carbons (Fsp3) is 0. The van der Waals surface area contributed by atoms with Crippen LogP contribution in [0.1, 0.15) is 5.56 Å². The van der Waals surface area contributed by atoms with Gasteiger partial charge in [0.15, 0.2) is 11.4 Å². The van der Waals surface area contributed by atoms with E-state index in [0.29, 0.717) is 22.8 Å². The Morgan fingerprint density at radius 2 is 0.983 bits per heavy atom. The highest BCUT2D eigenvalue weighted by molar-refractivity contribution is 6.22. The lowest BCUT2D eigenvalue weighted by atomic mass is 9.88. The summed E-state index contributed by atoms with van der Waals surface area (Å²) in [5.41, 5.74) is 12.7. The van der Waals surface area contributed by atoms with Crippen LogP contribution in [0.25, 0.3) is 106 Å². The van der Waals surface area contributed by atoms with Gasteiger partial charge in [0, 0.05) is 38.2 Å². The Morgan fingerprint density at radius 3 is 1.62 bits per heavy atom. The van der Waals surface area contributed by atoms with Crippen LogP contribution in [0.15, 0.2) is 199 Å². The molecule has 0 amide bonds. The molecule has 0 N–H and O–H groups in total. The Hall–Kier alpha value is -8.07. The van der Waals surface area contributed by atoms with E-state index < -0.39 is 0 Å². The van der Waals surface area contributed by atoms with Crippen LogP contribution in [-0.2, 0) is 0 Å². The first-order chi connectivity index (χ1) is 28.8. The number of nitriles is 1. The van der Waals surface area contributed by atoms with Crippen molar-refractivity contribution in [2.45, 2.75) is 0 Å². The third-order valence-corrected chi connectivity index (χ3v) is 11.1. The third kappa shape index (κ3) is 5.24. The number of aromatic nitrogens is 3. The van der Waals surface area contributed by atoms with Crippen LogP contribution in [0.5, 0.6) is 0 Å². The summed E-state index contributed by atoms with van der Waals surface area (Å²) in [4.78, 5) is 10.9. The number of benzene rings is 8. The highest BCUT2D eigenvalue weighted by Gasteiger charge is 2.28. The van der Waals surface area contributed by atoms with Gasteiger partial charge in [-0.2, -0.15) is 5.26 Å². The van der Waals surface area contributed by atoms with Gasteiger partial charge in [0.25, 0.3) is 0 Å². The van der Waals surface area contributed by atoms with Gasteiger partial charge in [-0.1, -0.05) is 170 Å². The standard InChI is InChI=1S/C53H32N4O/c54-33-43-49(36-21-9-3-10-22-36)55-53(56-50(43)37-23-11-4-12-24-37)48-45(32-31-38(34-17-5-1-6-18-34)47(48)35-19-7-2-8-20-35)57-44-27-15-13-25-39(44)41-29-30-42-40-26-14-16-28-46(40)58-52(42)51(41)57/h1-32H. The summed E-state index contributed by atoms with van der Waals surface area (Å²) in [5, 5.41) is 15.2. The van der Waals surface area contributed by atoms with Crippen molar-refractivity contribution >= 4 is 43.7 Å². The maximum Gasteiger partial charge on any atom is 0.163 e. The molecule has 0 aliphatic carbocycles. The van der Waals surface area contributed by atoms with Crippen LogP contribution in [0.4, 0.5) is 0 Å². The summed E-state index contributed by atoms with van der Waals surface area (Å²) in [7, 11) is 0. The predicted octanol–water partition coefficient (Wildman–Crippen LogP) is 13.7. The molecule has 0 fully saturated rings. The molecule has 0 aliphatic heterocycles. The second-order valence-electron chi connectivity index (χ2n) is 14.4. The molecule has 58 heavy (non-hydrogen) atoms. The molecular weight excluding hydrogens is 709 g/mol. The average Bonchev–Trinajstić information content (AvgIpc) is 3.85. The van der Waals surface area contributed by atoms with Crippen LogP contribution in [0.2, 0.25) is 0 Å². The predicted molar refractivity (Wildman–Crippen MR) is 236 cm³/mol. The number of nitrogens with zero attached hydrogens (tertiary/aromatic N) is 4. The fourth-order valence-electron chi connectivity index (χ4n) is 8.54. The van der Waals surface area contributed by atoms with E-state index in [9.17, 15) is 5.26 Å². The monoisotopic (exact) mass is 740 g/mol. The smallest absolute Gasteiger partial charge is 0.163 e. The largest absolute Gasteiger partial charge is 0.454 e. The van der Waals surface area contributed by atoms with Crippen LogP contribution >= 0.6 is 0 Å². The van der Waals surface area contributed by atoms with Gasteiger partial charge in [-0.3, -0.25) is 0 Å². The van der Waals surface area contributed by atoms with E-state index >= 15 is 0 Å². The highest BCUT2D eigenvalue weighted by Crippen LogP contribution is 2.47. The van der Waals surface area contributed by atoms with Crippen molar-refractivity contribution in [1.82, 2.24) is 14.5 Å². The topological polar surface area (TPSA) is 67.6 Å². The molecule has 11 rings (SSSR count). The van der Waals surface area contributed by atoms with Crippen LogP contribution in [-0.4, -0.2) is 14.5 Å². The molecule has 0 spiro atoms. The van der Waals surface area contributed by atoms with E-state index in [1.165, 1.54) is 0 Å². The van der Waals surface area contributed by atoms with Gasteiger partial charge in [0.05, 0.1) is 33.7 Å². The van der Waals surface area contributed by atoms with E-state index in [-0.39, 0.29) is 0 Å². The molecule has 0 radical (unpaired) electrons. The van der Waals surface area contributed by atoms with Gasteiger partial charge in [0.2, 0.25) is 0 Å². The summed E-state index contributed by atoms with van der Waals surface area (Å²) >= 11 is 0. The third-order valence-electron chi connectivity index (χ3n) is 11.1. The molecule has 0 bridgehead atoms. The number of hydrogen-bond donors (Lipinski definition) is 0. The van der Waals surface area contributed by atoms with Gasteiger partial charge in [-0.05, 0) is 41.0 Å². The van der Waals surface area contributed by atoms with Gasteiger partial charge in [-0.25, -0.2) is 9.97 Å². The normalized spacial score (nSPS) is 11.4. The SMILES string of the molecule is N#Cc1c(-c2ccccc2)nc(-c2c(-n3c4ccccc4c4ccc5c6ccccc6oc5c43)ccc(-c3ccccc3)c2-c2ccccc2)nc1-c1ccccc1. The second-order valence-corrected chi connectivity index (χ2v) is 14.4. The van der Waals surface area contributed by atoms with Crippen molar-refractivity contribution in [2.75, 3.05) is 0 Å². The fourth-order valence-corrected chi connectivity index (χ4v) is 8.54. The Labute approximate surface area is 334 Å². The van der Waals surface area contributed by atoms with E-state index in [2.05, 4.69) is 120 Å². The lowest BCUT2D eigenvalue weighted by Crippen LogP contribution is -2.06. The van der Waals surface area contributed by atoms with E-state index in [1.54, 1.807) is 0 Å². The number of furan rings is 1. The first-order valence-corrected chi connectivity index (χ1v) is 19.3. The van der Waals surface area contributed by atoms with Crippen molar-refractivity contribution in [1.29, 1.82) is 5.26 Å². The van der Waals surface area contributed by atoms with E-state index in [1.807, 2.05) is 84.9 Å². The molecule has 0 saturated carbocycles. The number of fused-ring (bicyclic) bond motifs is 7. The molecule has 270 valence electrons. The minimum Gasteiger partial charge on any atom is -0.454 e. The van der Waals surface area contributed by atoms with Crippen LogP contribution in [0.3, 0.4) is 0 Å². The maximum absolute atomic E-state index is 10.9. The molecule has 3 heterocycles. The van der Waals surface area contributed by atoms with Crippen LogP contribution in [0, 0.1) is 11.3 Å². The zero-order valence-electron chi connectivity index (χ0n) is 31.2. The van der Waals surface area contributed by atoms with Crippen molar-refractivity contribution in [3.05, 3.63) is 200 Å². The maximum atomic E-state index is 10.9. The highest BCUT2D eigenvalue weighted by atomic mass is 16.3. The zero-order valence-corrected chi connectivity index (χ0v) is 31.2. The van der Waals surface area contributed by atoms with Crippen molar-refractivity contribution in [3.8, 4) is 67.9 Å². The first-order valence-electron chi connectivity index (χ1n) is 19.3. The van der Waals surface area contributed by atoms with Gasteiger partial charge >= 0.3 is 0 Å². The molecule has 3 aromatic heterocycles. The molecule has 0 unspecified atom stereocenters. The molecule has 5 nitrogen and oxygen atoms in total. The minimum atomic E-state index is 0.420.